The molecule has 1 amide bonds. The Morgan fingerprint density at radius 2 is 2.00 bits per heavy atom. The molecule has 0 fully saturated rings. The Morgan fingerprint density at radius 1 is 1.28 bits per heavy atom. The normalized spacial score (nSPS) is 10.8. The molecular formula is C15H14ClFN8O4. The van der Waals surface area contributed by atoms with Crippen LogP contribution in [0.1, 0.15) is 16.1 Å². The van der Waals surface area contributed by atoms with E-state index in [1.54, 1.807) is 0 Å². The first kappa shape index (κ1) is 20.1. The van der Waals surface area contributed by atoms with Gasteiger partial charge in [-0.25, -0.2) is 18.5 Å². The highest BCUT2D eigenvalue weighted by Crippen LogP contribution is 2.30. The molecule has 0 bridgehead atoms. The predicted molar refractivity (Wildman–Crippen MR) is 97.6 cm³/mol. The Morgan fingerprint density at radius 3 is 2.62 bits per heavy atom. The van der Waals surface area contributed by atoms with Gasteiger partial charge in [0.25, 0.3) is 11.5 Å². The monoisotopic (exact) mass is 424 g/mol. The van der Waals surface area contributed by atoms with Crippen LogP contribution in [-0.4, -0.2) is 47.6 Å². The van der Waals surface area contributed by atoms with Gasteiger partial charge in [-0.05, 0) is 22.6 Å². The Kier molecular flexibility index (Phi) is 5.41. The number of benzene rings is 1. The highest BCUT2D eigenvalue weighted by atomic mass is 35.5. The van der Waals surface area contributed by atoms with Crippen LogP contribution in [0.15, 0.2) is 21.7 Å². The summed E-state index contributed by atoms with van der Waals surface area (Å²) in [5, 5.41) is 16.4. The molecule has 12 nitrogen and oxygen atoms in total. The number of carbonyl (C=O) groups is 1. The van der Waals surface area contributed by atoms with Crippen LogP contribution < -0.4 is 21.3 Å². The second-order valence-corrected chi connectivity index (χ2v) is 6.15. The second kappa shape index (κ2) is 7.79. The zero-order chi connectivity index (χ0) is 21.3. The second-order valence-electron chi connectivity index (χ2n) is 5.77. The number of hydrogen-bond acceptors (Lipinski definition) is 8. The highest BCUT2D eigenvalue weighted by Gasteiger charge is 2.22. The number of amides is 1. The first-order valence-electron chi connectivity index (χ1n) is 7.97. The Bertz CT molecular complexity index is 1220. The van der Waals surface area contributed by atoms with Gasteiger partial charge in [-0.1, -0.05) is 16.7 Å². The van der Waals surface area contributed by atoms with Gasteiger partial charge in [0.1, 0.15) is 11.6 Å². The number of ether oxygens (including phenoxy) is 1. The summed E-state index contributed by atoms with van der Waals surface area (Å²) in [6, 6.07) is 2.40. The number of methoxy groups -OCH3 is 1. The van der Waals surface area contributed by atoms with E-state index in [1.807, 2.05) is 0 Å². The number of halogens is 2. The van der Waals surface area contributed by atoms with E-state index >= 15 is 0 Å². The summed E-state index contributed by atoms with van der Waals surface area (Å²) in [5.74, 6) is -1.58. The Balaban J connectivity index is 2.07. The minimum atomic E-state index is -1.04. The fraction of sp³-hybridized carbons (Fsp3) is 0.267. The molecule has 29 heavy (non-hydrogen) atoms. The lowest BCUT2D eigenvalue weighted by Gasteiger charge is -2.12. The van der Waals surface area contributed by atoms with Crippen molar-refractivity contribution in [2.24, 2.45) is 14.1 Å². The highest BCUT2D eigenvalue weighted by molar-refractivity contribution is 6.32. The molecule has 3 aromatic rings. The van der Waals surface area contributed by atoms with Crippen molar-refractivity contribution in [1.82, 2.24) is 34.6 Å². The zero-order valence-electron chi connectivity index (χ0n) is 15.4. The number of nitrogens with one attached hydrogen (secondary N) is 1. The van der Waals surface area contributed by atoms with Crippen LogP contribution >= 0.6 is 11.6 Å². The van der Waals surface area contributed by atoms with Crippen LogP contribution in [0.4, 0.5) is 10.3 Å². The molecule has 2 heterocycles. The number of aryl methyl sites for hydroxylation is 2. The molecule has 1 N–H and O–H groups in total. The number of tetrazole rings is 1. The van der Waals surface area contributed by atoms with Crippen molar-refractivity contribution in [2.75, 3.05) is 12.4 Å². The van der Waals surface area contributed by atoms with Gasteiger partial charge in [0, 0.05) is 19.7 Å². The summed E-state index contributed by atoms with van der Waals surface area (Å²) < 4.78 is 21.9. The van der Waals surface area contributed by atoms with Crippen LogP contribution in [0.25, 0.3) is 0 Å². The van der Waals surface area contributed by atoms with Crippen LogP contribution in [0.5, 0.6) is 5.75 Å². The van der Waals surface area contributed by atoms with E-state index in [0.29, 0.717) is 4.57 Å². The largest absolute Gasteiger partial charge is 0.495 e. The quantitative estimate of drug-likeness (QED) is 0.582. The van der Waals surface area contributed by atoms with Crippen LogP contribution in [0.2, 0.25) is 5.02 Å². The predicted octanol–water partition coefficient (Wildman–Crippen LogP) is -0.433. The molecular weight excluding hydrogens is 411 g/mol. The van der Waals surface area contributed by atoms with Crippen molar-refractivity contribution >= 4 is 23.5 Å². The van der Waals surface area contributed by atoms with Crippen LogP contribution in [-0.2, 0) is 20.6 Å². The number of hydrogen-bond donors (Lipinski definition) is 1. The SMILES string of the molecule is COc1ccc(F)c(Cn2c(=O)c(C(=O)Nc3nnnn3C)nn(C)c2=O)c1Cl. The molecule has 14 heteroatoms. The third-order valence-electron chi connectivity index (χ3n) is 3.95. The van der Waals surface area contributed by atoms with Gasteiger partial charge < -0.3 is 4.74 Å². The fourth-order valence-corrected chi connectivity index (χ4v) is 2.73. The van der Waals surface area contributed by atoms with Crippen molar-refractivity contribution < 1.29 is 13.9 Å². The molecule has 0 aliphatic rings. The van der Waals surface area contributed by atoms with Gasteiger partial charge >= 0.3 is 5.69 Å². The van der Waals surface area contributed by atoms with Gasteiger partial charge in [0.15, 0.2) is 0 Å². The van der Waals surface area contributed by atoms with E-state index in [0.717, 1.165) is 15.4 Å². The van der Waals surface area contributed by atoms with E-state index in [2.05, 4.69) is 25.9 Å². The molecule has 2 aromatic heterocycles. The van der Waals surface area contributed by atoms with Gasteiger partial charge in [-0.3, -0.25) is 19.5 Å². The summed E-state index contributed by atoms with van der Waals surface area (Å²) >= 11 is 6.11. The van der Waals surface area contributed by atoms with Crippen molar-refractivity contribution in [3.63, 3.8) is 0 Å². The molecule has 0 aliphatic heterocycles. The molecule has 0 aliphatic carbocycles. The summed E-state index contributed by atoms with van der Waals surface area (Å²) in [5.41, 5.74) is -2.68. The standard InChI is InChI=1S/C15H14ClFN8O4/c1-23-14(19-21-22-23)18-12(26)11-13(27)25(15(28)24(2)20-11)6-7-8(17)4-5-9(29-3)10(7)16/h4-5H,6H2,1-3H3,(H,18,19,22,26). The van der Waals surface area contributed by atoms with Gasteiger partial charge in [0.05, 0.1) is 18.7 Å². The lowest BCUT2D eigenvalue weighted by Crippen LogP contribution is -2.45. The van der Waals surface area contributed by atoms with Crippen molar-refractivity contribution in [3.05, 3.63) is 55.1 Å². The summed E-state index contributed by atoms with van der Waals surface area (Å²) in [6.45, 7) is -0.540. The van der Waals surface area contributed by atoms with E-state index in [1.165, 1.54) is 27.3 Å². The molecule has 0 saturated heterocycles. The number of rotatable bonds is 5. The molecule has 0 radical (unpaired) electrons. The first-order chi connectivity index (χ1) is 13.7. The van der Waals surface area contributed by atoms with Gasteiger partial charge in [-0.15, -0.1) is 0 Å². The number of carbonyl (C=O) groups excluding carboxylic acids is 1. The minimum Gasteiger partial charge on any atom is -0.495 e. The minimum absolute atomic E-state index is 0.0431. The first-order valence-corrected chi connectivity index (χ1v) is 8.35. The molecule has 0 atom stereocenters. The third-order valence-corrected chi connectivity index (χ3v) is 4.37. The summed E-state index contributed by atoms with van der Waals surface area (Å²) in [7, 11) is 4.04. The number of anilines is 1. The van der Waals surface area contributed by atoms with Gasteiger partial charge in [0.2, 0.25) is 11.6 Å². The lowest BCUT2D eigenvalue weighted by molar-refractivity contribution is 0.101. The average molecular weight is 425 g/mol. The molecule has 0 spiro atoms. The van der Waals surface area contributed by atoms with E-state index in [-0.39, 0.29) is 22.3 Å². The topological polar surface area (TPSA) is 139 Å². The van der Waals surface area contributed by atoms with Crippen molar-refractivity contribution in [1.29, 1.82) is 0 Å². The van der Waals surface area contributed by atoms with Crippen molar-refractivity contribution in [2.45, 2.75) is 6.54 Å². The molecule has 152 valence electrons. The van der Waals surface area contributed by atoms with Gasteiger partial charge in [-0.2, -0.15) is 5.10 Å². The van der Waals surface area contributed by atoms with E-state index in [9.17, 15) is 18.8 Å². The maximum atomic E-state index is 14.3. The van der Waals surface area contributed by atoms with Crippen LogP contribution in [0, 0.1) is 5.82 Å². The fourth-order valence-electron chi connectivity index (χ4n) is 2.44. The average Bonchev–Trinajstić information content (AvgIpc) is 3.08. The third kappa shape index (κ3) is 3.71. The molecule has 3 rings (SSSR count). The Labute approximate surface area is 166 Å². The molecule has 0 saturated carbocycles. The smallest absolute Gasteiger partial charge is 0.347 e. The Hall–Kier alpha value is -3.61. The van der Waals surface area contributed by atoms with E-state index < -0.39 is 35.2 Å². The van der Waals surface area contributed by atoms with E-state index in [4.69, 9.17) is 16.3 Å². The lowest BCUT2D eigenvalue weighted by atomic mass is 10.2. The number of aromatic nitrogens is 7. The maximum Gasteiger partial charge on any atom is 0.347 e. The molecule has 0 unspecified atom stereocenters. The van der Waals surface area contributed by atoms with Crippen LogP contribution in [0.3, 0.4) is 0 Å². The summed E-state index contributed by atoms with van der Waals surface area (Å²) in [6.07, 6.45) is 0. The summed E-state index contributed by atoms with van der Waals surface area (Å²) in [4.78, 5) is 37.6. The molecule has 1 aromatic carbocycles. The van der Waals surface area contributed by atoms with Crippen molar-refractivity contribution in [3.8, 4) is 5.75 Å². The zero-order valence-corrected chi connectivity index (χ0v) is 16.1. The number of nitrogens with zero attached hydrogens (tertiary/aromatic N) is 7. The maximum absolute atomic E-state index is 14.3.